The molecule has 1 atom stereocenters. The van der Waals surface area contributed by atoms with Gasteiger partial charge in [0.05, 0.1) is 11.4 Å². The summed E-state index contributed by atoms with van der Waals surface area (Å²) in [5.74, 6) is 1.80. The van der Waals surface area contributed by atoms with Crippen LogP contribution in [0.25, 0.3) is 0 Å². The smallest absolute Gasteiger partial charge is 0.148 e. The highest BCUT2D eigenvalue weighted by Gasteiger charge is 2.22. The van der Waals surface area contributed by atoms with Crippen LogP contribution in [0.3, 0.4) is 0 Å². The average molecular weight is 264 g/mol. The monoisotopic (exact) mass is 264 g/mol. The van der Waals surface area contributed by atoms with Crippen molar-refractivity contribution in [2.75, 3.05) is 11.1 Å². The number of nitrogen functional groups attached to an aromatic ring is 1. The van der Waals surface area contributed by atoms with Crippen LogP contribution in [-0.2, 0) is 6.54 Å². The number of nitrogens with zero attached hydrogens (tertiary/aromatic N) is 2. The zero-order valence-corrected chi connectivity index (χ0v) is 12.6. The van der Waals surface area contributed by atoms with E-state index >= 15 is 0 Å². The van der Waals surface area contributed by atoms with E-state index in [9.17, 15) is 0 Å². The molecule has 3 N–H and O–H groups in total. The first-order valence-corrected chi connectivity index (χ1v) is 7.73. The number of nitrogens with one attached hydrogen (secondary N) is 1. The SMILES string of the molecule is CCCn1nc(C)c(N)c1NC(C)C1CCCCC1. The molecule has 0 spiro atoms. The van der Waals surface area contributed by atoms with Gasteiger partial charge >= 0.3 is 0 Å². The van der Waals surface area contributed by atoms with Crippen LogP contribution in [0.5, 0.6) is 0 Å². The summed E-state index contributed by atoms with van der Waals surface area (Å²) in [5, 5.41) is 8.16. The van der Waals surface area contributed by atoms with Crippen molar-refractivity contribution in [1.29, 1.82) is 0 Å². The van der Waals surface area contributed by atoms with Crippen molar-refractivity contribution in [3.63, 3.8) is 0 Å². The van der Waals surface area contributed by atoms with E-state index in [2.05, 4.69) is 24.3 Å². The lowest BCUT2D eigenvalue weighted by atomic mass is 9.84. The summed E-state index contributed by atoms with van der Waals surface area (Å²) in [6.45, 7) is 7.37. The molecule has 1 saturated carbocycles. The summed E-state index contributed by atoms with van der Waals surface area (Å²) in [4.78, 5) is 0. The summed E-state index contributed by atoms with van der Waals surface area (Å²) < 4.78 is 2.03. The van der Waals surface area contributed by atoms with E-state index in [0.717, 1.165) is 36.1 Å². The predicted octanol–water partition coefficient (Wildman–Crippen LogP) is 3.56. The van der Waals surface area contributed by atoms with Crippen molar-refractivity contribution in [2.24, 2.45) is 5.92 Å². The van der Waals surface area contributed by atoms with Gasteiger partial charge in [0.25, 0.3) is 0 Å². The summed E-state index contributed by atoms with van der Waals surface area (Å²) in [5.41, 5.74) is 7.92. The highest BCUT2D eigenvalue weighted by molar-refractivity contribution is 5.65. The molecule has 1 unspecified atom stereocenters. The van der Waals surface area contributed by atoms with Gasteiger partial charge in [-0.1, -0.05) is 26.2 Å². The first-order chi connectivity index (χ1) is 9.13. The van der Waals surface area contributed by atoms with Crippen molar-refractivity contribution >= 4 is 11.5 Å². The number of hydrogen-bond donors (Lipinski definition) is 2. The second-order valence-electron chi connectivity index (χ2n) is 5.90. The fraction of sp³-hybridized carbons (Fsp3) is 0.800. The van der Waals surface area contributed by atoms with E-state index < -0.39 is 0 Å². The van der Waals surface area contributed by atoms with Crippen LogP contribution in [0.4, 0.5) is 11.5 Å². The van der Waals surface area contributed by atoms with Crippen molar-refractivity contribution in [2.45, 2.75) is 71.9 Å². The molecule has 0 radical (unpaired) electrons. The van der Waals surface area contributed by atoms with Crippen LogP contribution in [0.15, 0.2) is 0 Å². The maximum Gasteiger partial charge on any atom is 0.148 e. The Labute approximate surface area is 116 Å². The second-order valence-corrected chi connectivity index (χ2v) is 5.90. The second kappa shape index (κ2) is 6.31. The molecule has 1 aromatic heterocycles. The minimum Gasteiger partial charge on any atom is -0.394 e. The molecule has 1 fully saturated rings. The van der Waals surface area contributed by atoms with Crippen molar-refractivity contribution < 1.29 is 0 Å². The van der Waals surface area contributed by atoms with Crippen LogP contribution < -0.4 is 11.1 Å². The summed E-state index contributed by atoms with van der Waals surface area (Å²) in [6.07, 6.45) is 7.91. The van der Waals surface area contributed by atoms with Crippen molar-refractivity contribution in [3.8, 4) is 0 Å². The number of anilines is 2. The third-order valence-corrected chi connectivity index (χ3v) is 4.33. The molecule has 4 heteroatoms. The maximum atomic E-state index is 6.17. The molecule has 108 valence electrons. The fourth-order valence-electron chi connectivity index (χ4n) is 3.09. The minimum absolute atomic E-state index is 0.481. The first-order valence-electron chi connectivity index (χ1n) is 7.73. The summed E-state index contributed by atoms with van der Waals surface area (Å²) in [7, 11) is 0. The van der Waals surface area contributed by atoms with Crippen LogP contribution in [-0.4, -0.2) is 15.8 Å². The normalized spacial score (nSPS) is 18.5. The Kier molecular flexibility index (Phi) is 4.72. The van der Waals surface area contributed by atoms with Gasteiger partial charge in [-0.15, -0.1) is 0 Å². The molecule has 4 nitrogen and oxygen atoms in total. The van der Waals surface area contributed by atoms with Gasteiger partial charge in [-0.2, -0.15) is 5.10 Å². The van der Waals surface area contributed by atoms with E-state index in [-0.39, 0.29) is 0 Å². The molecule has 0 aliphatic heterocycles. The fourth-order valence-corrected chi connectivity index (χ4v) is 3.09. The zero-order chi connectivity index (χ0) is 13.8. The molecule has 19 heavy (non-hydrogen) atoms. The molecular weight excluding hydrogens is 236 g/mol. The van der Waals surface area contributed by atoms with Gasteiger partial charge in [0.15, 0.2) is 0 Å². The minimum atomic E-state index is 0.481. The van der Waals surface area contributed by atoms with Crippen molar-refractivity contribution in [3.05, 3.63) is 5.69 Å². The number of nitrogens with two attached hydrogens (primary N) is 1. The molecule has 1 aromatic rings. The van der Waals surface area contributed by atoms with E-state index in [4.69, 9.17) is 5.73 Å². The predicted molar refractivity (Wildman–Crippen MR) is 81.3 cm³/mol. The largest absolute Gasteiger partial charge is 0.394 e. The zero-order valence-electron chi connectivity index (χ0n) is 12.6. The average Bonchev–Trinajstić information content (AvgIpc) is 2.68. The highest BCUT2D eigenvalue weighted by Crippen LogP contribution is 2.30. The van der Waals surface area contributed by atoms with Crippen LogP contribution in [0.2, 0.25) is 0 Å². The van der Waals surface area contributed by atoms with Gasteiger partial charge in [0.1, 0.15) is 5.82 Å². The molecule has 1 aliphatic rings. The Morgan fingerprint density at radius 2 is 2.05 bits per heavy atom. The van der Waals surface area contributed by atoms with E-state index in [1.807, 2.05) is 11.6 Å². The Bertz CT molecular complexity index is 405. The topological polar surface area (TPSA) is 55.9 Å². The van der Waals surface area contributed by atoms with Crippen LogP contribution in [0, 0.1) is 12.8 Å². The first kappa shape index (κ1) is 14.2. The Balaban J connectivity index is 2.08. The standard InChI is InChI=1S/C15H28N4/c1-4-10-19-15(14(16)12(3)18-19)17-11(2)13-8-6-5-7-9-13/h11,13,17H,4-10,16H2,1-3H3. The number of hydrogen-bond acceptors (Lipinski definition) is 3. The lowest BCUT2D eigenvalue weighted by molar-refractivity contribution is 0.327. The lowest BCUT2D eigenvalue weighted by Gasteiger charge is -2.29. The number of aromatic nitrogens is 2. The summed E-state index contributed by atoms with van der Waals surface area (Å²) >= 11 is 0. The van der Waals surface area contributed by atoms with Gasteiger partial charge in [0, 0.05) is 12.6 Å². The number of rotatable bonds is 5. The lowest BCUT2D eigenvalue weighted by Crippen LogP contribution is -2.29. The van der Waals surface area contributed by atoms with Gasteiger partial charge in [-0.25, -0.2) is 4.68 Å². The van der Waals surface area contributed by atoms with Gasteiger partial charge < -0.3 is 11.1 Å². The molecular formula is C15H28N4. The third kappa shape index (κ3) is 3.23. The molecule has 0 aromatic carbocycles. The number of aryl methyl sites for hydroxylation is 2. The van der Waals surface area contributed by atoms with Crippen molar-refractivity contribution in [1.82, 2.24) is 9.78 Å². The molecule has 2 rings (SSSR count). The highest BCUT2D eigenvalue weighted by atomic mass is 15.3. The van der Waals surface area contributed by atoms with Gasteiger partial charge in [0.2, 0.25) is 0 Å². The molecule has 0 bridgehead atoms. The quantitative estimate of drug-likeness (QED) is 0.855. The molecule has 1 aliphatic carbocycles. The maximum absolute atomic E-state index is 6.17. The molecule has 0 amide bonds. The third-order valence-electron chi connectivity index (χ3n) is 4.33. The van der Waals surface area contributed by atoms with Gasteiger partial charge in [-0.3, -0.25) is 0 Å². The molecule has 1 heterocycles. The Morgan fingerprint density at radius 3 is 2.68 bits per heavy atom. The van der Waals surface area contributed by atoms with Crippen LogP contribution in [0.1, 0.15) is 58.1 Å². The molecule has 0 saturated heterocycles. The van der Waals surface area contributed by atoms with E-state index in [0.29, 0.717) is 6.04 Å². The van der Waals surface area contributed by atoms with E-state index in [1.54, 1.807) is 0 Å². The van der Waals surface area contributed by atoms with Crippen LogP contribution >= 0.6 is 0 Å². The van der Waals surface area contributed by atoms with E-state index in [1.165, 1.54) is 32.1 Å². The van der Waals surface area contributed by atoms with Gasteiger partial charge in [-0.05, 0) is 39.0 Å². The summed E-state index contributed by atoms with van der Waals surface area (Å²) in [6, 6.07) is 0.481. The Morgan fingerprint density at radius 1 is 1.37 bits per heavy atom. The Hall–Kier alpha value is -1.19.